The van der Waals surface area contributed by atoms with E-state index in [-0.39, 0.29) is 0 Å². The zero-order valence-corrected chi connectivity index (χ0v) is 21.2. The highest BCUT2D eigenvalue weighted by molar-refractivity contribution is 5.61. The molecule has 0 spiro atoms. The summed E-state index contributed by atoms with van der Waals surface area (Å²) in [5.41, 5.74) is 0.623. The van der Waals surface area contributed by atoms with Gasteiger partial charge in [-0.05, 0) is 11.1 Å². The zero-order chi connectivity index (χ0) is 26.4. The molecule has 0 amide bonds. The van der Waals surface area contributed by atoms with Gasteiger partial charge in [-0.1, -0.05) is 78.9 Å². The summed E-state index contributed by atoms with van der Waals surface area (Å²) in [6.07, 6.45) is 0. The molecule has 2 saturated heterocycles. The SMILES string of the molecule is N#Cc1c([C@@](C#N)(c2ccccc2)N2CCOCC2)cccc1[C@@](C#N)(c1ccccc1)N1CCOCC1. The Morgan fingerprint density at radius 3 is 1.29 bits per heavy atom. The van der Waals surface area contributed by atoms with E-state index in [0.29, 0.717) is 69.3 Å². The predicted molar refractivity (Wildman–Crippen MR) is 142 cm³/mol. The average molecular weight is 504 g/mol. The summed E-state index contributed by atoms with van der Waals surface area (Å²) in [6.45, 7) is 4.17. The van der Waals surface area contributed by atoms with Crippen molar-refractivity contribution in [1.82, 2.24) is 9.80 Å². The second-order valence-electron chi connectivity index (χ2n) is 9.42. The molecule has 0 radical (unpaired) electrons. The van der Waals surface area contributed by atoms with Gasteiger partial charge in [-0.2, -0.15) is 15.8 Å². The molecule has 7 heteroatoms. The van der Waals surface area contributed by atoms with Crippen molar-refractivity contribution >= 4 is 0 Å². The van der Waals surface area contributed by atoms with Crippen molar-refractivity contribution in [3.8, 4) is 18.2 Å². The Labute approximate surface area is 223 Å². The van der Waals surface area contributed by atoms with Crippen LogP contribution < -0.4 is 0 Å². The molecule has 5 rings (SSSR count). The molecule has 190 valence electrons. The number of morpholine rings is 2. The lowest BCUT2D eigenvalue weighted by molar-refractivity contribution is 0.00473. The summed E-state index contributed by atoms with van der Waals surface area (Å²) in [5, 5.41) is 32.6. The van der Waals surface area contributed by atoms with Gasteiger partial charge in [0.05, 0.1) is 50.2 Å². The molecule has 3 aromatic carbocycles. The molecule has 2 heterocycles. The molecular weight excluding hydrogens is 474 g/mol. The Morgan fingerprint density at radius 2 is 0.947 bits per heavy atom. The van der Waals surface area contributed by atoms with Crippen molar-refractivity contribution < 1.29 is 9.47 Å². The first-order chi connectivity index (χ1) is 18.7. The molecule has 0 aromatic heterocycles. The molecule has 2 atom stereocenters. The van der Waals surface area contributed by atoms with Crippen molar-refractivity contribution in [2.75, 3.05) is 52.6 Å². The Morgan fingerprint density at radius 1 is 0.553 bits per heavy atom. The minimum atomic E-state index is -1.23. The van der Waals surface area contributed by atoms with Crippen LogP contribution in [0.1, 0.15) is 27.8 Å². The van der Waals surface area contributed by atoms with Gasteiger partial charge in [0.15, 0.2) is 11.1 Å². The molecular formula is C31H29N5O2. The van der Waals surface area contributed by atoms with Crippen molar-refractivity contribution in [3.05, 3.63) is 107 Å². The van der Waals surface area contributed by atoms with Crippen LogP contribution in [-0.2, 0) is 20.6 Å². The number of nitriles is 3. The van der Waals surface area contributed by atoms with Gasteiger partial charge in [0.2, 0.25) is 0 Å². The summed E-state index contributed by atoms with van der Waals surface area (Å²) in [6, 6.07) is 32.5. The van der Waals surface area contributed by atoms with Crippen molar-refractivity contribution in [2.24, 2.45) is 0 Å². The third-order valence-corrected chi connectivity index (χ3v) is 7.63. The number of ether oxygens (including phenoxy) is 2. The van der Waals surface area contributed by atoms with Gasteiger partial charge in [0.1, 0.15) is 0 Å². The quantitative estimate of drug-likeness (QED) is 0.505. The fraction of sp³-hybridized carbons (Fsp3) is 0.323. The van der Waals surface area contributed by atoms with E-state index in [1.165, 1.54) is 0 Å². The minimum Gasteiger partial charge on any atom is -0.379 e. The van der Waals surface area contributed by atoms with E-state index < -0.39 is 11.1 Å². The van der Waals surface area contributed by atoms with E-state index in [1.807, 2.05) is 78.9 Å². The van der Waals surface area contributed by atoms with Crippen LogP contribution in [0.2, 0.25) is 0 Å². The number of nitrogens with zero attached hydrogens (tertiary/aromatic N) is 5. The maximum Gasteiger partial charge on any atom is 0.161 e. The highest BCUT2D eigenvalue weighted by Crippen LogP contribution is 2.44. The van der Waals surface area contributed by atoms with Gasteiger partial charge in [0.25, 0.3) is 0 Å². The number of hydrogen-bond acceptors (Lipinski definition) is 7. The summed E-state index contributed by atoms with van der Waals surface area (Å²) < 4.78 is 11.2. The van der Waals surface area contributed by atoms with Crippen LogP contribution in [-0.4, -0.2) is 62.4 Å². The molecule has 2 aliphatic rings. The minimum absolute atomic E-state index is 0.348. The Hall–Kier alpha value is -4.03. The Balaban J connectivity index is 1.81. The number of hydrogen-bond donors (Lipinski definition) is 0. The van der Waals surface area contributed by atoms with Gasteiger partial charge in [-0.15, -0.1) is 0 Å². The second kappa shape index (κ2) is 11.2. The highest BCUT2D eigenvalue weighted by atomic mass is 16.5. The van der Waals surface area contributed by atoms with E-state index in [0.717, 1.165) is 11.1 Å². The third kappa shape index (κ3) is 4.15. The standard InChI is InChI=1S/C31H29N5O2/c32-22-27-28(30(23-33,25-8-3-1-4-9-25)35-14-18-37-19-15-35)12-7-13-29(27)31(24-34,26-10-5-2-6-11-26)36-16-20-38-21-17-36/h1-13H,14-21H2/t30-,31-/m1/s1. The smallest absolute Gasteiger partial charge is 0.161 e. The molecule has 2 fully saturated rings. The largest absolute Gasteiger partial charge is 0.379 e. The summed E-state index contributed by atoms with van der Waals surface area (Å²) in [4.78, 5) is 4.19. The molecule has 0 saturated carbocycles. The molecule has 0 aliphatic carbocycles. The second-order valence-corrected chi connectivity index (χ2v) is 9.42. The predicted octanol–water partition coefficient (Wildman–Crippen LogP) is 3.76. The Kier molecular flexibility index (Phi) is 7.52. The van der Waals surface area contributed by atoms with E-state index >= 15 is 0 Å². The first kappa shape index (κ1) is 25.6. The highest BCUT2D eigenvalue weighted by Gasteiger charge is 2.48. The van der Waals surface area contributed by atoms with Crippen molar-refractivity contribution in [3.63, 3.8) is 0 Å². The maximum absolute atomic E-state index is 10.9. The van der Waals surface area contributed by atoms with Crippen LogP contribution in [0.3, 0.4) is 0 Å². The average Bonchev–Trinajstić information content (AvgIpc) is 3.01. The van der Waals surface area contributed by atoms with Gasteiger partial charge in [0, 0.05) is 37.3 Å². The van der Waals surface area contributed by atoms with Crippen molar-refractivity contribution in [1.29, 1.82) is 15.8 Å². The third-order valence-electron chi connectivity index (χ3n) is 7.63. The van der Waals surface area contributed by atoms with Crippen LogP contribution in [0.4, 0.5) is 0 Å². The van der Waals surface area contributed by atoms with E-state index in [2.05, 4.69) is 28.0 Å². The van der Waals surface area contributed by atoms with Gasteiger partial charge >= 0.3 is 0 Å². The van der Waals surface area contributed by atoms with Gasteiger partial charge in [-0.25, -0.2) is 0 Å². The maximum atomic E-state index is 10.9. The zero-order valence-electron chi connectivity index (χ0n) is 21.2. The summed E-state index contributed by atoms with van der Waals surface area (Å²) in [5.74, 6) is 0. The van der Waals surface area contributed by atoms with Gasteiger partial charge in [-0.3, -0.25) is 9.80 Å². The lowest BCUT2D eigenvalue weighted by atomic mass is 9.73. The molecule has 2 aliphatic heterocycles. The molecule has 0 unspecified atom stereocenters. The van der Waals surface area contributed by atoms with Crippen molar-refractivity contribution in [2.45, 2.75) is 11.1 Å². The molecule has 38 heavy (non-hydrogen) atoms. The molecule has 3 aromatic rings. The fourth-order valence-corrected chi connectivity index (χ4v) is 5.84. The van der Waals surface area contributed by atoms with Crippen LogP contribution in [0.5, 0.6) is 0 Å². The van der Waals surface area contributed by atoms with E-state index in [4.69, 9.17) is 9.47 Å². The van der Waals surface area contributed by atoms with Crippen LogP contribution in [0, 0.1) is 34.0 Å². The van der Waals surface area contributed by atoms with E-state index in [9.17, 15) is 15.8 Å². The summed E-state index contributed by atoms with van der Waals surface area (Å²) in [7, 11) is 0. The number of benzene rings is 3. The van der Waals surface area contributed by atoms with E-state index in [1.54, 1.807) is 0 Å². The first-order valence-corrected chi connectivity index (χ1v) is 12.9. The Bertz CT molecular complexity index is 1280. The first-order valence-electron chi connectivity index (χ1n) is 12.9. The van der Waals surface area contributed by atoms with Crippen LogP contribution in [0.25, 0.3) is 0 Å². The summed E-state index contributed by atoms with van der Waals surface area (Å²) >= 11 is 0. The van der Waals surface area contributed by atoms with Crippen LogP contribution in [0.15, 0.2) is 78.9 Å². The molecule has 7 nitrogen and oxygen atoms in total. The monoisotopic (exact) mass is 503 g/mol. The lowest BCUT2D eigenvalue weighted by Crippen LogP contribution is -2.53. The number of rotatable bonds is 6. The normalized spacial score (nSPS) is 19.7. The van der Waals surface area contributed by atoms with Crippen LogP contribution >= 0.6 is 0 Å². The fourth-order valence-electron chi connectivity index (χ4n) is 5.84. The topological polar surface area (TPSA) is 96.3 Å². The van der Waals surface area contributed by atoms with Gasteiger partial charge < -0.3 is 9.47 Å². The lowest BCUT2D eigenvalue weighted by Gasteiger charge is -2.44. The molecule has 0 bridgehead atoms. The molecule has 0 N–H and O–H groups in total.